The average Bonchev–Trinajstić information content (AvgIpc) is 2.80. The molecule has 2 rings (SSSR count). The molecule has 5 heteroatoms. The van der Waals surface area contributed by atoms with Crippen LogP contribution in [0.3, 0.4) is 0 Å². The van der Waals surface area contributed by atoms with Gasteiger partial charge in [-0.3, -0.25) is 4.68 Å². The van der Waals surface area contributed by atoms with E-state index in [4.69, 9.17) is 5.11 Å². The number of benzene rings is 1. The molecule has 0 saturated carbocycles. The highest BCUT2D eigenvalue weighted by atomic mass is 16.3. The van der Waals surface area contributed by atoms with Gasteiger partial charge in [-0.1, -0.05) is 29.8 Å². The smallest absolute Gasteiger partial charge is 0.0644 e. The normalized spacial score (nSPS) is 12.8. The highest BCUT2D eigenvalue weighted by Gasteiger charge is 2.15. The Morgan fingerprint density at radius 3 is 2.42 bits per heavy atom. The number of aromatic nitrogens is 2. The molecule has 24 heavy (non-hydrogen) atoms. The van der Waals surface area contributed by atoms with Crippen LogP contribution in [0.4, 0.5) is 0 Å². The molecule has 0 aliphatic carbocycles. The van der Waals surface area contributed by atoms with E-state index >= 15 is 0 Å². The van der Waals surface area contributed by atoms with Crippen molar-refractivity contribution < 1.29 is 5.11 Å². The maximum absolute atomic E-state index is 9.12. The van der Waals surface area contributed by atoms with Crippen molar-refractivity contribution in [2.75, 3.05) is 27.2 Å². The molecule has 0 spiro atoms. The molecule has 1 heterocycles. The molecule has 0 bridgehead atoms. The zero-order valence-corrected chi connectivity index (χ0v) is 15.5. The van der Waals surface area contributed by atoms with E-state index < -0.39 is 0 Å². The number of aliphatic hydroxyl groups excluding tert-OH is 1. The van der Waals surface area contributed by atoms with Crippen molar-refractivity contribution in [3.63, 3.8) is 0 Å². The van der Waals surface area contributed by atoms with Crippen LogP contribution in [0.15, 0.2) is 24.3 Å². The summed E-state index contributed by atoms with van der Waals surface area (Å²) in [5.74, 6) is 0. The van der Waals surface area contributed by atoms with Gasteiger partial charge in [0.05, 0.1) is 18.8 Å². The molecular weight excluding hydrogens is 300 g/mol. The highest BCUT2D eigenvalue weighted by Crippen LogP contribution is 2.19. The third kappa shape index (κ3) is 4.44. The fourth-order valence-corrected chi connectivity index (χ4v) is 3.02. The van der Waals surface area contributed by atoms with E-state index in [0.29, 0.717) is 12.6 Å². The number of aryl methyl sites for hydroxylation is 2. The van der Waals surface area contributed by atoms with Gasteiger partial charge in [-0.25, -0.2) is 0 Å². The Morgan fingerprint density at radius 1 is 1.17 bits per heavy atom. The molecule has 0 radical (unpaired) electrons. The van der Waals surface area contributed by atoms with Gasteiger partial charge < -0.3 is 15.3 Å². The van der Waals surface area contributed by atoms with Gasteiger partial charge in [-0.15, -0.1) is 0 Å². The number of rotatable bonds is 8. The zero-order chi connectivity index (χ0) is 17.7. The maximum Gasteiger partial charge on any atom is 0.0644 e. The third-order valence-corrected chi connectivity index (χ3v) is 4.57. The Hall–Kier alpha value is -1.69. The minimum absolute atomic E-state index is 0.116. The van der Waals surface area contributed by atoms with Crippen LogP contribution in [-0.4, -0.2) is 47.0 Å². The second kappa shape index (κ2) is 8.42. The third-order valence-electron chi connectivity index (χ3n) is 4.57. The van der Waals surface area contributed by atoms with Crippen LogP contribution in [-0.2, 0) is 13.1 Å². The van der Waals surface area contributed by atoms with Crippen LogP contribution >= 0.6 is 0 Å². The maximum atomic E-state index is 9.12. The Balaban J connectivity index is 2.02. The van der Waals surface area contributed by atoms with E-state index in [-0.39, 0.29) is 6.61 Å². The van der Waals surface area contributed by atoms with Crippen LogP contribution in [0.2, 0.25) is 0 Å². The van der Waals surface area contributed by atoms with Gasteiger partial charge >= 0.3 is 0 Å². The summed E-state index contributed by atoms with van der Waals surface area (Å²) in [5.41, 5.74) is 6.00. The lowest BCUT2D eigenvalue weighted by molar-refractivity contribution is 0.267. The fraction of sp³-hybridized carbons (Fsp3) is 0.526. The standard InChI is InChI=1S/C19H30N4O/c1-14-6-8-17(9-7-14)19(22(4)5)13-20-12-18-15(2)21-23(10-11-24)16(18)3/h6-9,19-20,24H,10-13H2,1-5H3/t19-/m1/s1. The molecule has 1 atom stereocenters. The van der Waals surface area contributed by atoms with E-state index in [9.17, 15) is 0 Å². The van der Waals surface area contributed by atoms with Gasteiger partial charge in [0.2, 0.25) is 0 Å². The molecule has 0 aliphatic heterocycles. The van der Waals surface area contributed by atoms with Crippen molar-refractivity contribution in [1.82, 2.24) is 20.0 Å². The summed E-state index contributed by atoms with van der Waals surface area (Å²) >= 11 is 0. The lowest BCUT2D eigenvalue weighted by Crippen LogP contribution is -2.31. The molecule has 0 aliphatic rings. The number of hydrogen-bond acceptors (Lipinski definition) is 4. The summed E-state index contributed by atoms with van der Waals surface area (Å²) in [6.45, 7) is 8.54. The van der Waals surface area contributed by atoms with Gasteiger partial charge in [0.15, 0.2) is 0 Å². The molecule has 0 fully saturated rings. The number of nitrogens with zero attached hydrogens (tertiary/aromatic N) is 3. The predicted octanol–water partition coefficient (Wildman–Crippen LogP) is 2.19. The molecule has 2 aromatic rings. The first-order valence-electron chi connectivity index (χ1n) is 8.51. The van der Waals surface area contributed by atoms with E-state index in [1.54, 1.807) is 0 Å². The molecule has 1 aromatic heterocycles. The molecule has 0 amide bonds. The van der Waals surface area contributed by atoms with Gasteiger partial charge in [0.1, 0.15) is 0 Å². The van der Waals surface area contributed by atoms with Crippen molar-refractivity contribution in [1.29, 1.82) is 0 Å². The Labute approximate surface area is 145 Å². The molecule has 0 saturated heterocycles. The van der Waals surface area contributed by atoms with E-state index in [2.05, 4.69) is 67.5 Å². The first kappa shape index (κ1) is 18.6. The summed E-state index contributed by atoms with van der Waals surface area (Å²) in [6.07, 6.45) is 0. The van der Waals surface area contributed by atoms with E-state index in [0.717, 1.165) is 24.5 Å². The SMILES string of the molecule is Cc1ccc([C@@H](CNCc2c(C)nn(CCO)c2C)N(C)C)cc1. The summed E-state index contributed by atoms with van der Waals surface area (Å²) < 4.78 is 1.88. The number of likely N-dealkylation sites (N-methyl/N-ethyl adjacent to an activating group) is 1. The Morgan fingerprint density at radius 2 is 1.83 bits per heavy atom. The first-order valence-corrected chi connectivity index (χ1v) is 8.51. The Kier molecular flexibility index (Phi) is 6.54. The Bertz CT molecular complexity index is 646. The minimum atomic E-state index is 0.116. The van der Waals surface area contributed by atoms with Crippen molar-refractivity contribution >= 4 is 0 Å². The summed E-state index contributed by atoms with van der Waals surface area (Å²) in [5, 5.41) is 17.2. The number of aliphatic hydroxyl groups is 1. The molecule has 132 valence electrons. The fourth-order valence-electron chi connectivity index (χ4n) is 3.02. The van der Waals surface area contributed by atoms with Crippen LogP contribution in [0.5, 0.6) is 0 Å². The molecule has 2 N–H and O–H groups in total. The largest absolute Gasteiger partial charge is 0.394 e. The average molecular weight is 330 g/mol. The topological polar surface area (TPSA) is 53.3 Å². The van der Waals surface area contributed by atoms with Crippen molar-refractivity contribution in [2.45, 2.75) is 39.9 Å². The summed E-state index contributed by atoms with van der Waals surface area (Å²) in [4.78, 5) is 2.24. The summed E-state index contributed by atoms with van der Waals surface area (Å²) in [7, 11) is 4.23. The first-order chi connectivity index (χ1) is 11.4. The van der Waals surface area contributed by atoms with Gasteiger partial charge in [-0.2, -0.15) is 5.10 Å². The highest BCUT2D eigenvalue weighted by molar-refractivity contribution is 5.26. The van der Waals surface area contributed by atoms with Gasteiger partial charge in [-0.05, 0) is 40.4 Å². The second-order valence-electron chi connectivity index (χ2n) is 6.62. The molecule has 5 nitrogen and oxygen atoms in total. The minimum Gasteiger partial charge on any atom is -0.394 e. The monoisotopic (exact) mass is 330 g/mol. The summed E-state index contributed by atoms with van der Waals surface area (Å²) in [6, 6.07) is 9.08. The number of nitrogens with one attached hydrogen (secondary N) is 1. The second-order valence-corrected chi connectivity index (χ2v) is 6.62. The zero-order valence-electron chi connectivity index (χ0n) is 15.5. The van der Waals surface area contributed by atoms with Crippen LogP contribution in [0.25, 0.3) is 0 Å². The van der Waals surface area contributed by atoms with E-state index in [1.807, 2.05) is 11.6 Å². The molecule has 0 unspecified atom stereocenters. The molecule has 1 aromatic carbocycles. The lowest BCUT2D eigenvalue weighted by Gasteiger charge is -2.25. The van der Waals surface area contributed by atoms with Crippen molar-refractivity contribution in [2.24, 2.45) is 0 Å². The quantitative estimate of drug-likeness (QED) is 0.779. The van der Waals surface area contributed by atoms with Crippen LogP contribution < -0.4 is 5.32 Å². The van der Waals surface area contributed by atoms with Gasteiger partial charge in [0.25, 0.3) is 0 Å². The lowest BCUT2D eigenvalue weighted by atomic mass is 10.0. The van der Waals surface area contributed by atoms with Crippen molar-refractivity contribution in [3.05, 3.63) is 52.3 Å². The number of hydrogen-bond donors (Lipinski definition) is 2. The molecular formula is C19H30N4O. The van der Waals surface area contributed by atoms with Crippen molar-refractivity contribution in [3.8, 4) is 0 Å². The van der Waals surface area contributed by atoms with E-state index in [1.165, 1.54) is 16.7 Å². The van der Waals surface area contributed by atoms with Crippen LogP contribution in [0, 0.1) is 20.8 Å². The van der Waals surface area contributed by atoms with Gasteiger partial charge in [0, 0.05) is 30.4 Å². The van der Waals surface area contributed by atoms with Crippen LogP contribution in [0.1, 0.15) is 34.1 Å². The predicted molar refractivity (Wildman–Crippen MR) is 98.1 cm³/mol.